The lowest BCUT2D eigenvalue weighted by Crippen LogP contribution is -2.53. The zero-order chi connectivity index (χ0) is 10.7. The third-order valence-electron chi connectivity index (χ3n) is 2.76. The molecular formula is C9H18ClNO2S. The van der Waals surface area contributed by atoms with Crippen LogP contribution in [0.4, 0.5) is 0 Å². The van der Waals surface area contributed by atoms with Crippen LogP contribution in [0.2, 0.25) is 0 Å². The van der Waals surface area contributed by atoms with E-state index in [1.165, 1.54) is 12.7 Å². The van der Waals surface area contributed by atoms with Crippen molar-refractivity contribution in [3.05, 3.63) is 0 Å². The molecule has 0 bridgehead atoms. The van der Waals surface area contributed by atoms with Gasteiger partial charge in [-0.1, -0.05) is 0 Å². The van der Waals surface area contributed by atoms with E-state index >= 15 is 0 Å². The van der Waals surface area contributed by atoms with Gasteiger partial charge in [-0.3, -0.25) is 0 Å². The molecule has 1 rings (SSSR count). The molecule has 3 nitrogen and oxygen atoms in total. The van der Waals surface area contributed by atoms with Gasteiger partial charge in [0.15, 0.2) is 0 Å². The van der Waals surface area contributed by atoms with Gasteiger partial charge < -0.3 is 5.32 Å². The van der Waals surface area contributed by atoms with Gasteiger partial charge in [0.25, 0.3) is 0 Å². The molecule has 1 aliphatic rings. The van der Waals surface area contributed by atoms with Crippen LogP contribution in [0.1, 0.15) is 25.7 Å². The number of hydrogen-bond acceptors (Lipinski definition) is 3. The van der Waals surface area contributed by atoms with Crippen LogP contribution < -0.4 is 5.32 Å². The molecule has 14 heavy (non-hydrogen) atoms. The van der Waals surface area contributed by atoms with Gasteiger partial charge in [-0.25, -0.2) is 8.42 Å². The van der Waals surface area contributed by atoms with Crippen LogP contribution in [0.25, 0.3) is 0 Å². The van der Waals surface area contributed by atoms with Crippen LogP contribution in [0.5, 0.6) is 0 Å². The summed E-state index contributed by atoms with van der Waals surface area (Å²) in [6.45, 7) is 0.750. The van der Waals surface area contributed by atoms with Gasteiger partial charge in [-0.05, 0) is 32.2 Å². The number of alkyl halides is 1. The molecule has 1 fully saturated rings. The molecule has 0 spiro atoms. The number of halogens is 1. The van der Waals surface area contributed by atoms with Crippen LogP contribution in [0.3, 0.4) is 0 Å². The Labute approximate surface area is 91.1 Å². The standard InChI is InChI=1S/C9H18ClNO2S/c1-14(12,13)7-3-6-11-9(8-10)4-2-5-9/h11H,2-8H2,1H3. The molecule has 0 aliphatic heterocycles. The van der Waals surface area contributed by atoms with Gasteiger partial charge >= 0.3 is 0 Å². The highest BCUT2D eigenvalue weighted by atomic mass is 35.5. The third kappa shape index (κ3) is 3.75. The van der Waals surface area contributed by atoms with Crippen molar-refractivity contribution in [1.82, 2.24) is 5.32 Å². The molecule has 0 unspecified atom stereocenters. The van der Waals surface area contributed by atoms with Gasteiger partial charge in [-0.2, -0.15) is 0 Å². The molecule has 1 N–H and O–H groups in total. The maximum atomic E-state index is 10.9. The highest BCUT2D eigenvalue weighted by Crippen LogP contribution is 2.32. The van der Waals surface area contributed by atoms with Crippen molar-refractivity contribution in [2.24, 2.45) is 0 Å². The van der Waals surface area contributed by atoms with E-state index < -0.39 is 9.84 Å². The van der Waals surface area contributed by atoms with Gasteiger partial charge in [0.2, 0.25) is 0 Å². The van der Waals surface area contributed by atoms with Crippen LogP contribution in [-0.2, 0) is 9.84 Å². The van der Waals surface area contributed by atoms with Crippen LogP contribution in [-0.4, -0.2) is 38.4 Å². The maximum absolute atomic E-state index is 10.9. The van der Waals surface area contributed by atoms with E-state index in [0.29, 0.717) is 12.3 Å². The Morgan fingerprint density at radius 1 is 1.43 bits per heavy atom. The first-order valence-corrected chi connectivity index (χ1v) is 7.56. The molecule has 0 heterocycles. The summed E-state index contributed by atoms with van der Waals surface area (Å²) < 4.78 is 21.7. The molecule has 1 aliphatic carbocycles. The number of rotatable bonds is 6. The fourth-order valence-corrected chi connectivity index (χ4v) is 2.68. The second-order valence-corrected chi connectivity index (χ2v) is 6.70. The minimum Gasteiger partial charge on any atom is -0.310 e. The maximum Gasteiger partial charge on any atom is 0.147 e. The zero-order valence-corrected chi connectivity index (χ0v) is 10.1. The minimum atomic E-state index is -2.81. The van der Waals surface area contributed by atoms with Gasteiger partial charge in [-0.15, -0.1) is 11.6 Å². The van der Waals surface area contributed by atoms with Crippen LogP contribution in [0.15, 0.2) is 0 Å². The van der Waals surface area contributed by atoms with Gasteiger partial charge in [0.1, 0.15) is 9.84 Å². The molecule has 0 aromatic rings. The molecule has 1 saturated carbocycles. The van der Waals surface area contributed by atoms with E-state index in [1.54, 1.807) is 0 Å². The second-order valence-electron chi connectivity index (χ2n) is 4.18. The Morgan fingerprint density at radius 2 is 2.07 bits per heavy atom. The first-order chi connectivity index (χ1) is 6.47. The molecule has 84 valence electrons. The number of sulfone groups is 1. The van der Waals surface area contributed by atoms with Crippen molar-refractivity contribution in [3.63, 3.8) is 0 Å². The Morgan fingerprint density at radius 3 is 2.43 bits per heavy atom. The molecule has 0 amide bonds. The molecule has 0 saturated heterocycles. The summed E-state index contributed by atoms with van der Waals surface area (Å²) in [7, 11) is -2.81. The number of hydrogen-bond donors (Lipinski definition) is 1. The summed E-state index contributed by atoms with van der Waals surface area (Å²) in [5, 5.41) is 3.36. The van der Waals surface area contributed by atoms with Gasteiger partial charge in [0, 0.05) is 17.7 Å². The Hall–Kier alpha value is 0.200. The second kappa shape index (κ2) is 4.81. The third-order valence-corrected chi connectivity index (χ3v) is 4.30. The van der Waals surface area contributed by atoms with E-state index in [-0.39, 0.29) is 11.3 Å². The van der Waals surface area contributed by atoms with Crippen molar-refractivity contribution in [2.75, 3.05) is 24.4 Å². The quantitative estimate of drug-likeness (QED) is 0.559. The van der Waals surface area contributed by atoms with Crippen molar-refractivity contribution >= 4 is 21.4 Å². The van der Waals surface area contributed by atoms with Crippen LogP contribution in [0, 0.1) is 0 Å². The lowest BCUT2D eigenvalue weighted by atomic mass is 9.78. The van der Waals surface area contributed by atoms with Crippen LogP contribution >= 0.6 is 11.6 Å². The van der Waals surface area contributed by atoms with E-state index in [2.05, 4.69) is 5.32 Å². The normalized spacial score (nSPS) is 20.4. The van der Waals surface area contributed by atoms with E-state index in [0.717, 1.165) is 19.4 Å². The molecule has 0 aromatic carbocycles. The predicted octanol–water partition coefficient (Wildman–Crippen LogP) is 1.17. The average Bonchev–Trinajstić information content (AvgIpc) is 2.00. The first-order valence-electron chi connectivity index (χ1n) is 4.96. The summed E-state index contributed by atoms with van der Waals surface area (Å²) in [5.74, 6) is 0.893. The van der Waals surface area contributed by atoms with Gasteiger partial charge in [0.05, 0.1) is 5.75 Å². The monoisotopic (exact) mass is 239 g/mol. The molecule has 0 radical (unpaired) electrons. The SMILES string of the molecule is CS(=O)(=O)CCCNC1(CCl)CCC1. The van der Waals surface area contributed by atoms with E-state index in [9.17, 15) is 8.42 Å². The fraction of sp³-hybridized carbons (Fsp3) is 1.00. The van der Waals surface area contributed by atoms with E-state index in [1.807, 2.05) is 0 Å². The lowest BCUT2D eigenvalue weighted by molar-refractivity contribution is 0.214. The number of nitrogens with one attached hydrogen (secondary N) is 1. The summed E-state index contributed by atoms with van der Waals surface area (Å²) in [5.41, 5.74) is 0.110. The first kappa shape index (κ1) is 12.3. The van der Waals surface area contributed by atoms with Crippen molar-refractivity contribution in [2.45, 2.75) is 31.2 Å². The summed E-state index contributed by atoms with van der Waals surface area (Å²) in [6.07, 6.45) is 5.42. The Kier molecular flexibility index (Phi) is 4.22. The highest BCUT2D eigenvalue weighted by Gasteiger charge is 2.35. The molecule has 5 heteroatoms. The Bertz CT molecular complexity index is 267. The summed E-state index contributed by atoms with van der Waals surface area (Å²) in [6, 6.07) is 0. The van der Waals surface area contributed by atoms with E-state index in [4.69, 9.17) is 11.6 Å². The zero-order valence-electron chi connectivity index (χ0n) is 8.55. The lowest BCUT2D eigenvalue weighted by Gasteiger charge is -2.41. The van der Waals surface area contributed by atoms with Crippen molar-refractivity contribution < 1.29 is 8.42 Å². The summed E-state index contributed by atoms with van der Waals surface area (Å²) in [4.78, 5) is 0. The average molecular weight is 240 g/mol. The summed E-state index contributed by atoms with van der Waals surface area (Å²) >= 11 is 5.85. The highest BCUT2D eigenvalue weighted by molar-refractivity contribution is 7.90. The molecular weight excluding hydrogens is 222 g/mol. The minimum absolute atomic E-state index is 0.110. The largest absolute Gasteiger partial charge is 0.310 e. The molecule has 0 aromatic heterocycles. The molecule has 0 atom stereocenters. The Balaban J connectivity index is 2.15. The smallest absolute Gasteiger partial charge is 0.147 e. The fourth-order valence-electron chi connectivity index (χ4n) is 1.65. The topological polar surface area (TPSA) is 46.2 Å². The predicted molar refractivity (Wildman–Crippen MR) is 59.6 cm³/mol. The van der Waals surface area contributed by atoms with Crippen molar-refractivity contribution in [3.8, 4) is 0 Å². The van der Waals surface area contributed by atoms with Crippen molar-refractivity contribution in [1.29, 1.82) is 0 Å².